The highest BCUT2D eigenvalue weighted by Gasteiger charge is 2.55. The average molecular weight is 2060 g/mol. The summed E-state index contributed by atoms with van der Waals surface area (Å²) in [5.41, 5.74) is 5.13. The molecule has 0 spiro atoms. The van der Waals surface area contributed by atoms with Gasteiger partial charge in [0, 0.05) is 12.0 Å². The van der Waals surface area contributed by atoms with E-state index in [0.717, 1.165) is 94.0 Å². The van der Waals surface area contributed by atoms with Crippen LogP contribution in [0.5, 0.6) is 0 Å². The molecule has 2 aliphatic carbocycles. The fourth-order valence-electron chi connectivity index (χ4n) is 19.4. The Bertz CT molecular complexity index is 6920. The summed E-state index contributed by atoms with van der Waals surface area (Å²) in [6.45, 7) is 4.65. The number of halogens is 14. The van der Waals surface area contributed by atoms with Gasteiger partial charge >= 0.3 is 0 Å². The molecule has 29 heteroatoms. The summed E-state index contributed by atoms with van der Waals surface area (Å²) in [5.74, 6) is -7.16. The lowest BCUT2D eigenvalue weighted by Gasteiger charge is -2.39. The van der Waals surface area contributed by atoms with Crippen molar-refractivity contribution >= 4 is 49.2 Å². The van der Waals surface area contributed by atoms with E-state index in [1.807, 2.05) is 0 Å². The van der Waals surface area contributed by atoms with Crippen molar-refractivity contribution in [3.63, 3.8) is 0 Å². The molecule has 744 valence electrons. The normalized spacial score (nSPS) is 13.7. The van der Waals surface area contributed by atoms with Gasteiger partial charge in [-0.05, 0) is 299 Å². The Morgan fingerprint density at radius 1 is 0.224 bits per heavy atom. The van der Waals surface area contributed by atoms with Crippen molar-refractivity contribution in [1.82, 2.24) is 0 Å². The predicted octanol–water partition coefficient (Wildman–Crippen LogP) is 26.9. The van der Waals surface area contributed by atoms with Crippen LogP contribution in [0, 0.1) is 87.4 Å². The first kappa shape index (κ1) is 107. The summed E-state index contributed by atoms with van der Waals surface area (Å²) < 4.78 is 320. The van der Waals surface area contributed by atoms with Crippen LogP contribution in [-0.2, 0) is 72.9 Å². The largest absolute Gasteiger partial charge is 0.227 e. The molecule has 143 heavy (non-hydrogen) atoms. The number of hydrogen-bond donors (Lipinski definition) is 0. The molecule has 0 radical (unpaired) electrons. The molecular weight excluding hydrogens is 1960 g/mol. The van der Waals surface area contributed by atoms with Crippen molar-refractivity contribution in [2.24, 2.45) is 5.92 Å². The molecule has 15 aromatic carbocycles. The Balaban J connectivity index is 0.000000150. The Kier molecular flexibility index (Phi) is 34.0. The SMILES string of the molecule is CC(C)S(=O)(=O)C(c1ccc(F)cc1)(c1ccc(F)cc1)c1ccc(F)cc1.CCS(=O)(=O)C(c1ccccc1)(c1ccc(F)cc1)c1ccc(F)cc1.CS(=O)(=O)C(c1ccc(F)cc1)(c1ccc(F)cc1)c1ccc(F)cc1.O=S(=O)(C1CCCCC1)C(c1ccc(F)cc1)(c1ccc(F)cc1)c1ccc(F)cc1.O=S(=O)(CC1CCCCC1)C(c1ccc(F)cc1)(c1ccc(F)cc1)c1ccc(F)cc1. The van der Waals surface area contributed by atoms with Gasteiger partial charge in [-0.1, -0.05) is 246 Å². The molecule has 2 aliphatic rings. The quantitative estimate of drug-likeness (QED) is 0.0396. The van der Waals surface area contributed by atoms with Crippen molar-refractivity contribution in [2.45, 2.75) is 119 Å². The van der Waals surface area contributed by atoms with Crippen molar-refractivity contribution in [3.8, 4) is 0 Å². The predicted molar refractivity (Wildman–Crippen MR) is 530 cm³/mol. The molecule has 2 saturated carbocycles. The second-order valence-corrected chi connectivity index (χ2v) is 47.0. The Labute approximate surface area is 824 Å². The van der Waals surface area contributed by atoms with Gasteiger partial charge in [-0.3, -0.25) is 0 Å². The highest BCUT2D eigenvalue weighted by Crippen LogP contribution is 2.53. The summed E-state index contributed by atoms with van der Waals surface area (Å²) in [6.07, 6.45) is 9.37. The fraction of sp³-hybridized carbons (Fsp3) is 0.211. The van der Waals surface area contributed by atoms with Crippen LogP contribution in [0.2, 0.25) is 0 Å². The van der Waals surface area contributed by atoms with Crippen LogP contribution in [0.25, 0.3) is 0 Å². The van der Waals surface area contributed by atoms with Crippen LogP contribution >= 0.6 is 0 Å². The molecule has 15 aromatic rings. The van der Waals surface area contributed by atoms with Gasteiger partial charge in [0.05, 0.1) is 16.3 Å². The van der Waals surface area contributed by atoms with Gasteiger partial charge in [-0.2, -0.15) is 0 Å². The monoisotopic (exact) mass is 2050 g/mol. The molecule has 0 N–H and O–H groups in total. The van der Waals surface area contributed by atoms with Gasteiger partial charge < -0.3 is 0 Å². The summed E-state index contributed by atoms with van der Waals surface area (Å²) in [4.78, 5) is 0. The maximum Gasteiger partial charge on any atom is 0.171 e. The van der Waals surface area contributed by atoms with Gasteiger partial charge in [0.25, 0.3) is 0 Å². The Morgan fingerprint density at radius 3 is 0.594 bits per heavy atom. The zero-order chi connectivity index (χ0) is 103. The van der Waals surface area contributed by atoms with Crippen molar-refractivity contribution in [1.29, 1.82) is 0 Å². The van der Waals surface area contributed by atoms with E-state index in [4.69, 9.17) is 0 Å². The zero-order valence-electron chi connectivity index (χ0n) is 77.9. The lowest BCUT2D eigenvalue weighted by molar-refractivity contribution is 0.383. The van der Waals surface area contributed by atoms with Gasteiger partial charge in [-0.25, -0.2) is 104 Å². The lowest BCUT2D eigenvalue weighted by atomic mass is 9.84. The molecule has 0 saturated heterocycles. The Hall–Kier alpha value is -12.9. The third-order valence-electron chi connectivity index (χ3n) is 26.2. The third kappa shape index (κ3) is 22.2. The number of rotatable bonds is 25. The van der Waals surface area contributed by atoms with Crippen molar-refractivity contribution in [2.75, 3.05) is 17.8 Å². The summed E-state index contributed by atoms with van der Waals surface area (Å²) in [5, 5.41) is -1.42. The summed E-state index contributed by atoms with van der Waals surface area (Å²) in [6, 6.07) is 82.0. The lowest BCUT2D eigenvalue weighted by Crippen LogP contribution is -2.45. The fourth-order valence-corrected chi connectivity index (χ4v) is 30.7. The van der Waals surface area contributed by atoms with Gasteiger partial charge in [-0.15, -0.1) is 0 Å². The molecular formula is C114H100F14O10S5. The van der Waals surface area contributed by atoms with Crippen LogP contribution in [0.3, 0.4) is 0 Å². The van der Waals surface area contributed by atoms with Crippen LogP contribution in [0.1, 0.15) is 168 Å². The van der Waals surface area contributed by atoms with Crippen LogP contribution < -0.4 is 0 Å². The standard InChI is InChI=1S/C26H25F3O2S.C25H23F3O2S.C22H19F3O2S.C21H18F2O2S.C20H15F3O2S/c27-23-12-6-20(7-13-23)26(21-8-14-24(28)15-9-21,22-10-16-25(29)17-11-22)32(30,31)18-19-4-2-1-3-5-19;26-21-12-6-18(7-13-21)25(19-8-14-22(27)15-9-19,20-10-16-23(28)17-11-20)31(29,30)24-4-2-1-3-5-24;1-15(2)28(26,27)22(16-3-9-19(23)10-4-16,17-5-11-20(24)12-6-17)18-7-13-21(25)14-8-18;1-2-26(24,25)21(16-6-4-3-5-7-16,17-8-12-19(22)13-9-17)18-10-14-20(23)15-11-18;1-26(24,25)20(14-2-8-17(21)9-3-14,15-4-10-18(22)11-5-15)16-6-12-19(23)13-7-16/h6-17,19H,1-5,18H2;6-17,24H,1-5H2;3-15H,1-2H3;3-15H,2H2,1H3;2-13H,1H3. The first-order valence-electron chi connectivity index (χ1n) is 45.9. The first-order chi connectivity index (χ1) is 68.0. The molecule has 0 bridgehead atoms. The Morgan fingerprint density at radius 2 is 0.399 bits per heavy atom. The maximum atomic E-state index is 14.4. The first-order valence-corrected chi connectivity index (χ1v) is 54.1. The average Bonchev–Trinajstić information content (AvgIpc) is 0.722. The second-order valence-electron chi connectivity index (χ2n) is 35.2. The maximum absolute atomic E-state index is 14.4. The molecule has 0 aromatic heterocycles. The van der Waals surface area contributed by atoms with E-state index in [0.29, 0.717) is 79.6 Å². The van der Waals surface area contributed by atoms with E-state index in [9.17, 15) is 104 Å². The minimum atomic E-state index is -3.97. The van der Waals surface area contributed by atoms with E-state index >= 15 is 0 Å². The molecule has 0 aliphatic heterocycles. The van der Waals surface area contributed by atoms with Crippen LogP contribution in [0.4, 0.5) is 61.5 Å². The highest BCUT2D eigenvalue weighted by atomic mass is 32.2. The second kappa shape index (κ2) is 45.3. The highest BCUT2D eigenvalue weighted by molar-refractivity contribution is 7.94. The topological polar surface area (TPSA) is 171 Å². The van der Waals surface area contributed by atoms with Crippen LogP contribution in [0.15, 0.2) is 370 Å². The summed E-state index contributed by atoms with van der Waals surface area (Å²) >= 11 is 0. The molecule has 0 heterocycles. The van der Waals surface area contributed by atoms with Crippen molar-refractivity contribution in [3.05, 3.63) is 535 Å². The van der Waals surface area contributed by atoms with Gasteiger partial charge in [0.1, 0.15) is 105 Å². The van der Waals surface area contributed by atoms with E-state index in [1.165, 1.54) is 303 Å². The van der Waals surface area contributed by atoms with E-state index in [1.54, 1.807) is 51.1 Å². The number of hydrogen-bond acceptors (Lipinski definition) is 10. The molecule has 0 amide bonds. The molecule has 0 atom stereocenters. The van der Waals surface area contributed by atoms with Gasteiger partial charge in [0.2, 0.25) is 0 Å². The van der Waals surface area contributed by atoms with Crippen LogP contribution in [-0.4, -0.2) is 70.4 Å². The smallest absolute Gasteiger partial charge is 0.171 e. The third-order valence-corrected chi connectivity index (χ3v) is 38.7. The molecule has 0 unspecified atom stereocenters. The molecule has 2 fully saturated rings. The molecule has 17 rings (SSSR count). The van der Waals surface area contributed by atoms with Gasteiger partial charge in [0.15, 0.2) is 49.2 Å². The number of sulfone groups is 5. The number of benzene rings is 15. The minimum Gasteiger partial charge on any atom is -0.227 e. The summed E-state index contributed by atoms with van der Waals surface area (Å²) in [7, 11) is -19.5. The van der Waals surface area contributed by atoms with E-state index in [-0.39, 0.29) is 34.1 Å². The van der Waals surface area contributed by atoms with Crippen molar-refractivity contribution < 1.29 is 104 Å². The zero-order valence-corrected chi connectivity index (χ0v) is 81.9. The van der Waals surface area contributed by atoms with E-state index < -0.39 is 165 Å². The van der Waals surface area contributed by atoms with E-state index in [2.05, 4.69) is 0 Å². The minimum absolute atomic E-state index is 0.00877. The molecule has 10 nitrogen and oxygen atoms in total.